The lowest BCUT2D eigenvalue weighted by Gasteiger charge is -2.23. The van der Waals surface area contributed by atoms with Gasteiger partial charge in [-0.25, -0.2) is 0 Å². The van der Waals surface area contributed by atoms with Gasteiger partial charge in [0.25, 0.3) is 0 Å². The first-order chi connectivity index (χ1) is 4.72. The van der Waals surface area contributed by atoms with Crippen LogP contribution < -0.4 is 5.32 Å². The molecule has 1 saturated heterocycles. The largest absolute Gasteiger partial charge is 0.316 e. The first-order valence-electron chi connectivity index (χ1n) is 3.73. The van der Waals surface area contributed by atoms with Crippen molar-refractivity contribution in [2.75, 3.05) is 27.2 Å². The van der Waals surface area contributed by atoms with Gasteiger partial charge >= 0.3 is 0 Å². The first kappa shape index (κ1) is 8.74. The number of alkyl halides is 1. The van der Waals surface area contributed by atoms with Gasteiger partial charge in [0.15, 0.2) is 0 Å². The molecule has 1 N–H and O–H groups in total. The van der Waals surface area contributed by atoms with Gasteiger partial charge in [-0.2, -0.15) is 0 Å². The van der Waals surface area contributed by atoms with Crippen LogP contribution in [0.4, 0.5) is 0 Å². The lowest BCUT2D eigenvalue weighted by atomic mass is 10.1. The van der Waals surface area contributed by atoms with Gasteiger partial charge in [0.1, 0.15) is 0 Å². The van der Waals surface area contributed by atoms with Crippen molar-refractivity contribution in [1.82, 2.24) is 10.2 Å². The smallest absolute Gasteiger partial charge is 0.0654 e. The highest BCUT2D eigenvalue weighted by Crippen LogP contribution is 2.21. The van der Waals surface area contributed by atoms with E-state index in [-0.39, 0.29) is 0 Å². The molecule has 1 aliphatic heterocycles. The molecular formula is C7H15IN2. The van der Waals surface area contributed by atoms with Crippen molar-refractivity contribution in [3.63, 3.8) is 0 Å². The summed E-state index contributed by atoms with van der Waals surface area (Å²) in [5.74, 6) is 0.857. The molecule has 0 saturated carbocycles. The summed E-state index contributed by atoms with van der Waals surface area (Å²) < 4.78 is 0.701. The lowest BCUT2D eigenvalue weighted by Crippen LogP contribution is -2.30. The summed E-state index contributed by atoms with van der Waals surface area (Å²) in [5, 5.41) is 3.38. The number of halogens is 1. The Balaban J connectivity index is 2.32. The molecule has 2 unspecified atom stereocenters. The van der Waals surface area contributed by atoms with E-state index < -0.39 is 0 Å². The van der Waals surface area contributed by atoms with Gasteiger partial charge in [0.2, 0.25) is 0 Å². The molecule has 0 aliphatic carbocycles. The van der Waals surface area contributed by atoms with E-state index in [2.05, 4.69) is 46.9 Å². The third-order valence-electron chi connectivity index (χ3n) is 1.98. The number of nitrogens with zero attached hydrogens (tertiary/aromatic N) is 1. The Bertz CT molecular complexity index is 99.8. The summed E-state index contributed by atoms with van der Waals surface area (Å²) in [6.07, 6.45) is 1.34. The molecule has 0 aromatic heterocycles. The van der Waals surface area contributed by atoms with Crippen LogP contribution in [0.5, 0.6) is 0 Å². The minimum absolute atomic E-state index is 0.701. The van der Waals surface area contributed by atoms with Gasteiger partial charge in [-0.05, 0) is 33.0 Å². The predicted octanol–water partition coefficient (Wildman–Crippen LogP) is 0.919. The van der Waals surface area contributed by atoms with Crippen LogP contribution in [0.25, 0.3) is 0 Å². The second kappa shape index (κ2) is 3.88. The molecule has 60 valence electrons. The van der Waals surface area contributed by atoms with Crippen molar-refractivity contribution < 1.29 is 0 Å². The van der Waals surface area contributed by atoms with Gasteiger partial charge in [-0.15, -0.1) is 0 Å². The number of hydrogen-bond acceptors (Lipinski definition) is 2. The third-order valence-corrected chi connectivity index (χ3v) is 4.11. The van der Waals surface area contributed by atoms with Crippen LogP contribution in [0.1, 0.15) is 6.42 Å². The van der Waals surface area contributed by atoms with Gasteiger partial charge in [-0.3, -0.25) is 4.90 Å². The Kier molecular flexibility index (Phi) is 3.39. The molecule has 10 heavy (non-hydrogen) atoms. The van der Waals surface area contributed by atoms with Gasteiger partial charge < -0.3 is 5.32 Å². The van der Waals surface area contributed by atoms with Gasteiger partial charge in [0.05, 0.1) is 4.05 Å². The summed E-state index contributed by atoms with van der Waals surface area (Å²) in [5.41, 5.74) is 0. The average Bonchev–Trinajstić information content (AvgIpc) is 2.36. The maximum absolute atomic E-state index is 3.38. The third kappa shape index (κ3) is 2.07. The summed E-state index contributed by atoms with van der Waals surface area (Å²) in [7, 11) is 4.30. The molecule has 0 bridgehead atoms. The van der Waals surface area contributed by atoms with Crippen LogP contribution in [0.15, 0.2) is 0 Å². The number of rotatable bonds is 2. The predicted molar refractivity (Wildman–Crippen MR) is 52.5 cm³/mol. The highest BCUT2D eigenvalue weighted by atomic mass is 127. The van der Waals surface area contributed by atoms with Crippen molar-refractivity contribution in [3.8, 4) is 0 Å². The van der Waals surface area contributed by atoms with Crippen molar-refractivity contribution in [3.05, 3.63) is 0 Å². The fourth-order valence-corrected chi connectivity index (χ4v) is 1.95. The van der Waals surface area contributed by atoms with E-state index in [9.17, 15) is 0 Å². The minimum Gasteiger partial charge on any atom is -0.316 e. The van der Waals surface area contributed by atoms with E-state index in [4.69, 9.17) is 0 Å². The molecule has 0 amide bonds. The Labute approximate surface area is 76.5 Å². The second-order valence-corrected chi connectivity index (χ2v) is 4.37. The SMILES string of the molecule is CN(C)C(I)C1CCNC1. The molecule has 0 aromatic rings. The van der Waals surface area contributed by atoms with Crippen molar-refractivity contribution in [2.24, 2.45) is 5.92 Å². The molecule has 1 fully saturated rings. The highest BCUT2D eigenvalue weighted by molar-refractivity contribution is 14.1. The zero-order valence-electron chi connectivity index (χ0n) is 6.60. The second-order valence-electron chi connectivity index (χ2n) is 3.09. The van der Waals surface area contributed by atoms with E-state index in [1.165, 1.54) is 19.5 Å². The number of nitrogens with one attached hydrogen (secondary N) is 1. The van der Waals surface area contributed by atoms with Crippen molar-refractivity contribution in [2.45, 2.75) is 10.5 Å². The van der Waals surface area contributed by atoms with Crippen LogP contribution in [-0.4, -0.2) is 36.1 Å². The minimum atomic E-state index is 0.701. The fraction of sp³-hybridized carbons (Fsp3) is 1.00. The van der Waals surface area contributed by atoms with Crippen LogP contribution in [0.3, 0.4) is 0 Å². The fourth-order valence-electron chi connectivity index (χ4n) is 1.33. The molecular weight excluding hydrogens is 239 g/mol. The molecule has 0 radical (unpaired) electrons. The molecule has 1 heterocycles. The van der Waals surface area contributed by atoms with Crippen LogP contribution in [-0.2, 0) is 0 Å². The van der Waals surface area contributed by atoms with Crippen LogP contribution in [0.2, 0.25) is 0 Å². The van der Waals surface area contributed by atoms with Crippen LogP contribution >= 0.6 is 22.6 Å². The average molecular weight is 254 g/mol. The molecule has 2 atom stereocenters. The quantitative estimate of drug-likeness (QED) is 0.448. The summed E-state index contributed by atoms with van der Waals surface area (Å²) in [4.78, 5) is 2.29. The standard InChI is InChI=1S/C7H15IN2/c1-10(2)7(8)6-3-4-9-5-6/h6-7,9H,3-5H2,1-2H3. The van der Waals surface area contributed by atoms with Gasteiger partial charge in [0, 0.05) is 6.54 Å². The monoisotopic (exact) mass is 254 g/mol. The van der Waals surface area contributed by atoms with E-state index in [0.29, 0.717) is 4.05 Å². The molecule has 1 rings (SSSR count). The van der Waals surface area contributed by atoms with E-state index >= 15 is 0 Å². The highest BCUT2D eigenvalue weighted by Gasteiger charge is 2.23. The van der Waals surface area contributed by atoms with Crippen molar-refractivity contribution >= 4 is 22.6 Å². The maximum Gasteiger partial charge on any atom is 0.0654 e. The topological polar surface area (TPSA) is 15.3 Å². The molecule has 0 aromatic carbocycles. The molecule has 2 nitrogen and oxygen atoms in total. The number of hydrogen-bond donors (Lipinski definition) is 1. The van der Waals surface area contributed by atoms with E-state index in [0.717, 1.165) is 5.92 Å². The zero-order valence-corrected chi connectivity index (χ0v) is 8.76. The summed E-state index contributed by atoms with van der Waals surface area (Å²) >= 11 is 2.52. The zero-order chi connectivity index (χ0) is 7.56. The van der Waals surface area contributed by atoms with Crippen molar-refractivity contribution in [1.29, 1.82) is 0 Å². The normalized spacial score (nSPS) is 29.4. The summed E-state index contributed by atoms with van der Waals surface area (Å²) in [6, 6.07) is 0. The lowest BCUT2D eigenvalue weighted by molar-refractivity contribution is 0.320. The molecule has 3 heteroatoms. The van der Waals surface area contributed by atoms with E-state index in [1.54, 1.807) is 0 Å². The first-order valence-corrected chi connectivity index (χ1v) is 4.97. The maximum atomic E-state index is 3.38. The van der Waals surface area contributed by atoms with Gasteiger partial charge in [-0.1, -0.05) is 22.6 Å². The Morgan fingerprint density at radius 3 is 2.70 bits per heavy atom. The van der Waals surface area contributed by atoms with Crippen LogP contribution in [0, 0.1) is 5.92 Å². The van der Waals surface area contributed by atoms with E-state index in [1.807, 2.05) is 0 Å². The molecule has 1 aliphatic rings. The molecule has 0 spiro atoms. The summed E-state index contributed by atoms with van der Waals surface area (Å²) in [6.45, 7) is 2.41. The Morgan fingerprint density at radius 1 is 1.60 bits per heavy atom. The Morgan fingerprint density at radius 2 is 2.30 bits per heavy atom. The Hall–Kier alpha value is 0.650.